The number of likely N-dealkylation sites (N-methyl/N-ethyl adjacent to an activating group) is 1. The van der Waals surface area contributed by atoms with Crippen LogP contribution in [0.3, 0.4) is 0 Å². The van der Waals surface area contributed by atoms with E-state index in [1.807, 2.05) is 0 Å². The number of nitrogens with zero attached hydrogens (tertiary/aromatic N) is 2. The summed E-state index contributed by atoms with van der Waals surface area (Å²) in [5.41, 5.74) is 1.03. The minimum Gasteiger partial charge on any atom is -0.325 e. The molecule has 0 radical (unpaired) electrons. The van der Waals surface area contributed by atoms with Crippen LogP contribution in [0.25, 0.3) is 0 Å². The molecular formula is C21H26FN3O3S. The van der Waals surface area contributed by atoms with Gasteiger partial charge in [0.1, 0.15) is 5.82 Å². The van der Waals surface area contributed by atoms with Gasteiger partial charge in [-0.15, -0.1) is 0 Å². The van der Waals surface area contributed by atoms with Crippen molar-refractivity contribution in [3.63, 3.8) is 0 Å². The van der Waals surface area contributed by atoms with Gasteiger partial charge in [0.2, 0.25) is 15.9 Å². The van der Waals surface area contributed by atoms with E-state index in [2.05, 4.69) is 5.32 Å². The smallest absolute Gasteiger partial charge is 0.243 e. The van der Waals surface area contributed by atoms with Crippen molar-refractivity contribution in [2.24, 2.45) is 0 Å². The molecule has 0 aromatic heterocycles. The third-order valence-corrected chi connectivity index (χ3v) is 7.16. The van der Waals surface area contributed by atoms with Crippen LogP contribution in [0.4, 0.5) is 10.1 Å². The first kappa shape index (κ1) is 21.4. The van der Waals surface area contributed by atoms with Gasteiger partial charge in [-0.3, -0.25) is 9.69 Å². The second-order valence-corrected chi connectivity index (χ2v) is 9.25. The van der Waals surface area contributed by atoms with Gasteiger partial charge in [-0.1, -0.05) is 18.2 Å². The Morgan fingerprint density at radius 3 is 2.38 bits per heavy atom. The lowest BCUT2D eigenvalue weighted by atomic mass is 10.1. The zero-order valence-electron chi connectivity index (χ0n) is 16.6. The number of nitrogens with one attached hydrogen (secondary N) is 1. The normalized spacial score (nSPS) is 16.1. The molecule has 156 valence electrons. The molecule has 1 atom stereocenters. The van der Waals surface area contributed by atoms with E-state index in [4.69, 9.17) is 0 Å². The maximum absolute atomic E-state index is 13.8. The number of sulfonamides is 1. The summed E-state index contributed by atoms with van der Waals surface area (Å²) < 4.78 is 40.4. The summed E-state index contributed by atoms with van der Waals surface area (Å²) in [5, 5.41) is 2.79. The number of rotatable bonds is 7. The fourth-order valence-electron chi connectivity index (χ4n) is 3.27. The molecule has 0 saturated carbocycles. The highest BCUT2D eigenvalue weighted by Gasteiger charge is 2.27. The van der Waals surface area contributed by atoms with E-state index < -0.39 is 16.1 Å². The standard InChI is InChI=1S/C21H26FN3O3S/c1-16(24(2)15-17-7-3-4-8-20(17)22)21(26)23-18-9-11-19(12-10-18)29(27,28)25-13-5-6-14-25/h3-4,7-12,16H,5-6,13-15H2,1-2H3,(H,23,26). The molecule has 1 aliphatic rings. The molecule has 0 spiro atoms. The number of carbonyl (C=O) groups is 1. The largest absolute Gasteiger partial charge is 0.325 e. The van der Waals surface area contributed by atoms with Crippen LogP contribution in [-0.4, -0.2) is 49.7 Å². The van der Waals surface area contributed by atoms with E-state index in [1.165, 1.54) is 22.5 Å². The number of amides is 1. The van der Waals surface area contributed by atoms with Gasteiger partial charge in [-0.05, 0) is 57.1 Å². The molecule has 29 heavy (non-hydrogen) atoms. The Labute approximate surface area is 171 Å². The molecule has 1 N–H and O–H groups in total. The topological polar surface area (TPSA) is 69.7 Å². The van der Waals surface area contributed by atoms with Crippen molar-refractivity contribution in [1.82, 2.24) is 9.21 Å². The van der Waals surface area contributed by atoms with Crippen molar-refractivity contribution in [2.45, 2.75) is 37.2 Å². The average molecular weight is 420 g/mol. The van der Waals surface area contributed by atoms with Gasteiger partial charge in [-0.25, -0.2) is 12.8 Å². The van der Waals surface area contributed by atoms with Crippen LogP contribution in [0, 0.1) is 5.82 Å². The van der Waals surface area contributed by atoms with Crippen molar-refractivity contribution < 1.29 is 17.6 Å². The number of hydrogen-bond acceptors (Lipinski definition) is 4. The Bertz CT molecular complexity index is 957. The summed E-state index contributed by atoms with van der Waals surface area (Å²) in [4.78, 5) is 14.5. The van der Waals surface area contributed by atoms with Crippen LogP contribution in [0.1, 0.15) is 25.3 Å². The van der Waals surface area contributed by atoms with Crippen LogP contribution >= 0.6 is 0 Å². The van der Waals surface area contributed by atoms with E-state index in [0.717, 1.165) is 12.8 Å². The zero-order valence-corrected chi connectivity index (χ0v) is 17.5. The Morgan fingerprint density at radius 1 is 1.14 bits per heavy atom. The molecule has 1 fully saturated rings. The van der Waals surface area contributed by atoms with Gasteiger partial charge < -0.3 is 5.32 Å². The molecule has 0 aliphatic carbocycles. The van der Waals surface area contributed by atoms with Gasteiger partial charge in [-0.2, -0.15) is 4.31 Å². The number of halogens is 1. The molecule has 2 aromatic carbocycles. The maximum Gasteiger partial charge on any atom is 0.243 e. The molecule has 1 aliphatic heterocycles. The van der Waals surface area contributed by atoms with E-state index in [-0.39, 0.29) is 16.6 Å². The Balaban J connectivity index is 1.62. The molecule has 6 nitrogen and oxygen atoms in total. The predicted molar refractivity (Wildman–Crippen MR) is 110 cm³/mol. The van der Waals surface area contributed by atoms with E-state index in [1.54, 1.807) is 49.2 Å². The highest BCUT2D eigenvalue weighted by atomic mass is 32.2. The SMILES string of the molecule is CC(C(=O)Nc1ccc(S(=O)(=O)N2CCCC2)cc1)N(C)Cc1ccccc1F. The predicted octanol–water partition coefficient (Wildman–Crippen LogP) is 3.07. The highest BCUT2D eigenvalue weighted by Crippen LogP contribution is 2.22. The van der Waals surface area contributed by atoms with Crippen LogP contribution in [0.2, 0.25) is 0 Å². The monoisotopic (exact) mass is 419 g/mol. The molecule has 8 heteroatoms. The maximum atomic E-state index is 13.8. The van der Waals surface area contributed by atoms with Gasteiger partial charge in [0.25, 0.3) is 0 Å². The summed E-state index contributed by atoms with van der Waals surface area (Å²) >= 11 is 0. The summed E-state index contributed by atoms with van der Waals surface area (Å²) in [6.45, 7) is 3.13. The number of benzene rings is 2. The second-order valence-electron chi connectivity index (χ2n) is 7.31. The molecule has 1 amide bonds. The van der Waals surface area contributed by atoms with E-state index in [0.29, 0.717) is 30.9 Å². The first-order chi connectivity index (χ1) is 13.8. The van der Waals surface area contributed by atoms with Crippen molar-refractivity contribution in [1.29, 1.82) is 0 Å². The third-order valence-electron chi connectivity index (χ3n) is 5.24. The Kier molecular flexibility index (Phi) is 6.66. The lowest BCUT2D eigenvalue weighted by molar-refractivity contribution is -0.120. The molecule has 1 saturated heterocycles. The molecule has 3 rings (SSSR count). The van der Waals surface area contributed by atoms with Crippen molar-refractivity contribution in [3.05, 3.63) is 59.9 Å². The number of carbonyl (C=O) groups excluding carboxylic acids is 1. The summed E-state index contributed by atoms with van der Waals surface area (Å²) in [6, 6.07) is 12.2. The summed E-state index contributed by atoms with van der Waals surface area (Å²) in [7, 11) is -1.72. The molecule has 1 heterocycles. The average Bonchev–Trinajstić information content (AvgIpc) is 3.25. The first-order valence-corrected chi connectivity index (χ1v) is 11.1. The quantitative estimate of drug-likeness (QED) is 0.749. The second kappa shape index (κ2) is 9.02. The first-order valence-electron chi connectivity index (χ1n) is 9.64. The lowest BCUT2D eigenvalue weighted by Gasteiger charge is -2.24. The highest BCUT2D eigenvalue weighted by molar-refractivity contribution is 7.89. The third kappa shape index (κ3) is 5.01. The lowest BCUT2D eigenvalue weighted by Crippen LogP contribution is -2.39. The van der Waals surface area contributed by atoms with Crippen LogP contribution < -0.4 is 5.32 Å². The van der Waals surface area contributed by atoms with Crippen molar-refractivity contribution in [3.8, 4) is 0 Å². The van der Waals surface area contributed by atoms with Crippen LogP contribution in [0.5, 0.6) is 0 Å². The van der Waals surface area contributed by atoms with Crippen LogP contribution in [0.15, 0.2) is 53.4 Å². The van der Waals surface area contributed by atoms with Crippen LogP contribution in [-0.2, 0) is 21.4 Å². The van der Waals surface area contributed by atoms with E-state index in [9.17, 15) is 17.6 Å². The fourth-order valence-corrected chi connectivity index (χ4v) is 4.78. The Morgan fingerprint density at radius 2 is 1.76 bits per heavy atom. The molecule has 1 unspecified atom stereocenters. The Hall–Kier alpha value is -2.29. The minimum absolute atomic E-state index is 0.224. The van der Waals surface area contributed by atoms with Gasteiger partial charge >= 0.3 is 0 Å². The molecule has 0 bridgehead atoms. The minimum atomic E-state index is -3.48. The van der Waals surface area contributed by atoms with Gasteiger partial charge in [0.15, 0.2) is 0 Å². The van der Waals surface area contributed by atoms with Crippen molar-refractivity contribution >= 4 is 21.6 Å². The van der Waals surface area contributed by atoms with E-state index >= 15 is 0 Å². The van der Waals surface area contributed by atoms with Gasteiger partial charge in [0, 0.05) is 30.9 Å². The van der Waals surface area contributed by atoms with Crippen molar-refractivity contribution in [2.75, 3.05) is 25.5 Å². The number of anilines is 1. The number of hydrogen-bond donors (Lipinski definition) is 1. The summed E-state index contributed by atoms with van der Waals surface area (Å²) in [5.74, 6) is -0.555. The van der Waals surface area contributed by atoms with Gasteiger partial charge in [0.05, 0.1) is 10.9 Å². The molecule has 2 aromatic rings. The fraction of sp³-hybridized carbons (Fsp3) is 0.381. The zero-order chi connectivity index (χ0) is 21.0. The summed E-state index contributed by atoms with van der Waals surface area (Å²) in [6.07, 6.45) is 1.76. The molecular weight excluding hydrogens is 393 g/mol.